The molecule has 0 aliphatic heterocycles. The van der Waals surface area contributed by atoms with Gasteiger partial charge in [-0.15, -0.1) is 0 Å². The average Bonchev–Trinajstić information content (AvgIpc) is 2.45. The van der Waals surface area contributed by atoms with Crippen molar-refractivity contribution in [2.45, 2.75) is 6.61 Å². The van der Waals surface area contributed by atoms with Crippen LogP contribution in [0.2, 0.25) is 0 Å². The first-order valence-corrected chi connectivity index (χ1v) is 6.55. The van der Waals surface area contributed by atoms with Crippen molar-refractivity contribution >= 4 is 21.6 Å². The standard InChI is InChI=1S/C14H8BrFN2O3/c15-13-2-1-12(18(19)20)6-14(13)21-8-10-3-9(7-17)4-11(16)5-10/h1-6H,8H2. The second-order valence-electron chi connectivity index (χ2n) is 4.12. The molecule has 2 aromatic rings. The van der Waals surface area contributed by atoms with Crippen molar-refractivity contribution in [3.8, 4) is 11.8 Å². The number of ether oxygens (including phenoxy) is 1. The number of nitrogens with zero attached hydrogens (tertiary/aromatic N) is 2. The zero-order chi connectivity index (χ0) is 15.4. The van der Waals surface area contributed by atoms with Gasteiger partial charge in [-0.2, -0.15) is 5.26 Å². The van der Waals surface area contributed by atoms with Crippen LogP contribution in [0.3, 0.4) is 0 Å². The number of nitro groups is 1. The van der Waals surface area contributed by atoms with E-state index >= 15 is 0 Å². The Bertz CT molecular complexity index is 743. The molecule has 5 nitrogen and oxygen atoms in total. The molecule has 0 N–H and O–H groups in total. The minimum Gasteiger partial charge on any atom is -0.487 e. The smallest absolute Gasteiger partial charge is 0.273 e. The zero-order valence-corrected chi connectivity index (χ0v) is 12.1. The van der Waals surface area contributed by atoms with E-state index in [-0.39, 0.29) is 23.6 Å². The van der Waals surface area contributed by atoms with Crippen molar-refractivity contribution in [2.24, 2.45) is 0 Å². The third kappa shape index (κ3) is 3.77. The summed E-state index contributed by atoms with van der Waals surface area (Å²) < 4.78 is 19.3. The first-order chi connectivity index (χ1) is 9.99. The van der Waals surface area contributed by atoms with Crippen molar-refractivity contribution in [3.63, 3.8) is 0 Å². The van der Waals surface area contributed by atoms with Crippen LogP contribution in [0, 0.1) is 27.3 Å². The maximum Gasteiger partial charge on any atom is 0.273 e. The molecule has 0 fully saturated rings. The van der Waals surface area contributed by atoms with Crippen molar-refractivity contribution in [1.82, 2.24) is 0 Å². The fourth-order valence-electron chi connectivity index (χ4n) is 1.68. The molecule has 0 atom stereocenters. The Morgan fingerprint density at radius 1 is 1.33 bits per heavy atom. The van der Waals surface area contributed by atoms with Gasteiger partial charge in [-0.25, -0.2) is 4.39 Å². The Morgan fingerprint density at radius 3 is 2.76 bits per heavy atom. The largest absolute Gasteiger partial charge is 0.487 e. The number of non-ortho nitro benzene ring substituents is 1. The van der Waals surface area contributed by atoms with E-state index in [4.69, 9.17) is 10.00 Å². The van der Waals surface area contributed by atoms with Gasteiger partial charge in [0.2, 0.25) is 0 Å². The lowest BCUT2D eigenvalue weighted by molar-refractivity contribution is -0.385. The van der Waals surface area contributed by atoms with E-state index in [1.807, 2.05) is 6.07 Å². The topological polar surface area (TPSA) is 76.2 Å². The molecule has 2 rings (SSSR count). The van der Waals surface area contributed by atoms with Crippen LogP contribution in [0.1, 0.15) is 11.1 Å². The van der Waals surface area contributed by atoms with Gasteiger partial charge in [0.15, 0.2) is 0 Å². The highest BCUT2D eigenvalue weighted by Crippen LogP contribution is 2.30. The van der Waals surface area contributed by atoms with Gasteiger partial charge in [-0.3, -0.25) is 10.1 Å². The molecule has 0 saturated carbocycles. The molecule has 0 aliphatic carbocycles. The maximum atomic E-state index is 13.3. The van der Waals surface area contributed by atoms with Crippen molar-refractivity contribution in [3.05, 3.63) is 67.9 Å². The third-order valence-electron chi connectivity index (χ3n) is 2.61. The van der Waals surface area contributed by atoms with E-state index in [1.54, 1.807) is 0 Å². The summed E-state index contributed by atoms with van der Waals surface area (Å²) in [5.41, 5.74) is 0.543. The lowest BCUT2D eigenvalue weighted by Crippen LogP contribution is -1.98. The summed E-state index contributed by atoms with van der Waals surface area (Å²) in [4.78, 5) is 10.2. The van der Waals surface area contributed by atoms with Gasteiger partial charge in [-0.05, 0) is 45.8 Å². The van der Waals surface area contributed by atoms with Gasteiger partial charge < -0.3 is 4.74 Å². The number of halogens is 2. The molecule has 0 saturated heterocycles. The lowest BCUT2D eigenvalue weighted by Gasteiger charge is -2.08. The average molecular weight is 351 g/mol. The highest BCUT2D eigenvalue weighted by molar-refractivity contribution is 9.10. The van der Waals surface area contributed by atoms with Gasteiger partial charge in [0.05, 0.1) is 27.1 Å². The normalized spacial score (nSPS) is 9.95. The van der Waals surface area contributed by atoms with E-state index in [2.05, 4.69) is 15.9 Å². The minimum atomic E-state index is -0.536. The number of hydrogen-bond acceptors (Lipinski definition) is 4. The minimum absolute atomic E-state index is 0.00773. The summed E-state index contributed by atoms with van der Waals surface area (Å²) in [7, 11) is 0. The molecule has 0 aliphatic rings. The van der Waals surface area contributed by atoms with E-state index in [0.29, 0.717) is 10.0 Å². The molecule has 2 aromatic carbocycles. The molecule has 0 unspecified atom stereocenters. The van der Waals surface area contributed by atoms with Crippen LogP contribution in [0.15, 0.2) is 40.9 Å². The van der Waals surface area contributed by atoms with Crippen LogP contribution in [0.5, 0.6) is 5.75 Å². The van der Waals surface area contributed by atoms with Crippen LogP contribution in [-0.4, -0.2) is 4.92 Å². The second-order valence-corrected chi connectivity index (χ2v) is 4.97. The predicted octanol–water partition coefficient (Wildman–Crippen LogP) is 3.95. The molecular formula is C14H8BrFN2O3. The van der Waals surface area contributed by atoms with Gasteiger partial charge >= 0.3 is 0 Å². The highest BCUT2D eigenvalue weighted by Gasteiger charge is 2.11. The van der Waals surface area contributed by atoms with Crippen LogP contribution in [-0.2, 0) is 6.61 Å². The van der Waals surface area contributed by atoms with Crippen molar-refractivity contribution < 1.29 is 14.1 Å². The Kier molecular flexibility index (Phi) is 4.50. The third-order valence-corrected chi connectivity index (χ3v) is 3.26. The molecule has 0 radical (unpaired) electrons. The van der Waals surface area contributed by atoms with Crippen LogP contribution < -0.4 is 4.74 Å². The summed E-state index contributed by atoms with van der Waals surface area (Å²) in [6.45, 7) is -0.00773. The number of rotatable bonds is 4. The van der Waals surface area contributed by atoms with E-state index in [9.17, 15) is 14.5 Å². The monoisotopic (exact) mass is 350 g/mol. The Hall–Kier alpha value is -2.46. The maximum absolute atomic E-state index is 13.3. The molecule has 0 bridgehead atoms. The van der Waals surface area contributed by atoms with Crippen LogP contribution in [0.4, 0.5) is 10.1 Å². The van der Waals surface area contributed by atoms with Crippen LogP contribution >= 0.6 is 15.9 Å². The first-order valence-electron chi connectivity index (χ1n) is 5.76. The van der Waals surface area contributed by atoms with Gasteiger partial charge in [0.25, 0.3) is 5.69 Å². The first kappa shape index (κ1) is 14.9. The Morgan fingerprint density at radius 2 is 2.10 bits per heavy atom. The molecule has 106 valence electrons. The van der Waals surface area contributed by atoms with Crippen LogP contribution in [0.25, 0.3) is 0 Å². The lowest BCUT2D eigenvalue weighted by atomic mass is 10.1. The molecule has 21 heavy (non-hydrogen) atoms. The Balaban J connectivity index is 2.20. The molecule has 0 spiro atoms. The molecule has 0 aromatic heterocycles. The quantitative estimate of drug-likeness (QED) is 0.617. The fourth-order valence-corrected chi connectivity index (χ4v) is 2.04. The summed E-state index contributed by atoms with van der Waals surface area (Å²) >= 11 is 3.22. The second kappa shape index (κ2) is 6.33. The van der Waals surface area contributed by atoms with E-state index < -0.39 is 10.7 Å². The Labute approximate surface area is 127 Å². The summed E-state index contributed by atoms with van der Waals surface area (Å²) in [6.07, 6.45) is 0. The molecule has 0 heterocycles. The summed E-state index contributed by atoms with van der Waals surface area (Å²) in [6, 6.07) is 9.81. The fraction of sp³-hybridized carbons (Fsp3) is 0.0714. The van der Waals surface area contributed by atoms with E-state index in [1.165, 1.54) is 30.3 Å². The van der Waals surface area contributed by atoms with Gasteiger partial charge in [0, 0.05) is 6.07 Å². The van der Waals surface area contributed by atoms with Crippen molar-refractivity contribution in [2.75, 3.05) is 0 Å². The number of nitriles is 1. The van der Waals surface area contributed by atoms with Crippen molar-refractivity contribution in [1.29, 1.82) is 5.26 Å². The summed E-state index contributed by atoms with van der Waals surface area (Å²) in [5.74, 6) is -0.266. The number of hydrogen-bond donors (Lipinski definition) is 0. The predicted molar refractivity (Wildman–Crippen MR) is 76.2 cm³/mol. The summed E-state index contributed by atoms with van der Waals surface area (Å²) in [5, 5.41) is 19.5. The number of nitro benzene ring substituents is 1. The number of benzene rings is 2. The van der Waals surface area contributed by atoms with Gasteiger partial charge in [0.1, 0.15) is 18.2 Å². The van der Waals surface area contributed by atoms with Gasteiger partial charge in [-0.1, -0.05) is 0 Å². The van der Waals surface area contributed by atoms with E-state index in [0.717, 1.165) is 6.07 Å². The molecule has 7 heteroatoms. The molecule has 0 amide bonds. The zero-order valence-electron chi connectivity index (χ0n) is 10.5. The SMILES string of the molecule is N#Cc1cc(F)cc(COc2cc([N+](=O)[O-])ccc2Br)c1. The molecular weight excluding hydrogens is 343 g/mol. The highest BCUT2D eigenvalue weighted by atomic mass is 79.9.